The maximum atomic E-state index is 5.25. The summed E-state index contributed by atoms with van der Waals surface area (Å²) in [6, 6.07) is 11.0. The molecule has 0 aliphatic carbocycles. The van der Waals surface area contributed by atoms with Crippen molar-refractivity contribution in [3.8, 4) is 0 Å². The lowest BCUT2D eigenvalue weighted by Crippen LogP contribution is -2.53. The molecule has 0 amide bonds. The van der Waals surface area contributed by atoms with Crippen molar-refractivity contribution in [3.05, 3.63) is 40.8 Å². The smallest absolute Gasteiger partial charge is 0.139 e. The molecule has 3 heterocycles. The Kier molecular flexibility index (Phi) is 4.74. The third-order valence-electron chi connectivity index (χ3n) is 4.70. The Morgan fingerprint density at radius 1 is 1.36 bits per heavy atom. The number of para-hydroxylation sites is 2. The average Bonchev–Trinajstić information content (AvgIpc) is 2.91. The fourth-order valence-corrected chi connectivity index (χ4v) is 4.38. The Morgan fingerprint density at radius 2 is 2.24 bits per heavy atom. The van der Waals surface area contributed by atoms with Crippen molar-refractivity contribution in [2.75, 3.05) is 38.7 Å². The maximum Gasteiger partial charge on any atom is 0.139 e. The number of nitrogens with one attached hydrogen (secondary N) is 2. The molecule has 1 fully saturated rings. The van der Waals surface area contributed by atoms with Gasteiger partial charge in [-0.3, -0.25) is 0 Å². The SMILES string of the molecule is COCCC1CN(C2=Nc3ccccc3Nc3sc(C)cc32)CCN1. The molecule has 1 aromatic carbocycles. The van der Waals surface area contributed by atoms with Gasteiger partial charge in [0.1, 0.15) is 10.8 Å². The zero-order valence-electron chi connectivity index (χ0n) is 14.7. The molecule has 2 aliphatic heterocycles. The fraction of sp³-hybridized carbons (Fsp3) is 0.421. The Bertz CT molecular complexity index is 785. The van der Waals surface area contributed by atoms with Gasteiger partial charge in [0.15, 0.2) is 0 Å². The lowest BCUT2D eigenvalue weighted by atomic mass is 10.1. The Morgan fingerprint density at radius 3 is 3.12 bits per heavy atom. The molecular weight excluding hydrogens is 332 g/mol. The quantitative estimate of drug-likeness (QED) is 0.884. The van der Waals surface area contributed by atoms with Crippen molar-refractivity contribution in [2.24, 2.45) is 4.99 Å². The molecule has 0 bridgehead atoms. The molecule has 2 aromatic rings. The summed E-state index contributed by atoms with van der Waals surface area (Å²) in [6.07, 6.45) is 1.02. The predicted octanol–water partition coefficient (Wildman–Crippen LogP) is 3.50. The molecular formula is C19H24N4OS. The van der Waals surface area contributed by atoms with Crippen LogP contribution in [0.25, 0.3) is 0 Å². The van der Waals surface area contributed by atoms with E-state index < -0.39 is 0 Å². The topological polar surface area (TPSA) is 48.9 Å². The summed E-state index contributed by atoms with van der Waals surface area (Å²) in [5.74, 6) is 1.08. The minimum Gasteiger partial charge on any atom is -0.385 e. The van der Waals surface area contributed by atoms with Gasteiger partial charge in [0.25, 0.3) is 0 Å². The molecule has 2 aliphatic rings. The number of nitrogens with zero attached hydrogens (tertiary/aromatic N) is 2. The normalized spacial score (nSPS) is 19.5. The summed E-state index contributed by atoms with van der Waals surface area (Å²) in [6.45, 7) is 5.84. The minimum absolute atomic E-state index is 0.436. The lowest BCUT2D eigenvalue weighted by Gasteiger charge is -2.35. The predicted molar refractivity (Wildman–Crippen MR) is 105 cm³/mol. The molecule has 0 spiro atoms. The molecule has 25 heavy (non-hydrogen) atoms. The van der Waals surface area contributed by atoms with Crippen LogP contribution in [0.4, 0.5) is 16.4 Å². The van der Waals surface area contributed by atoms with Gasteiger partial charge < -0.3 is 20.3 Å². The summed E-state index contributed by atoms with van der Waals surface area (Å²) < 4.78 is 5.25. The summed E-state index contributed by atoms with van der Waals surface area (Å²) in [5, 5.41) is 8.37. The number of piperazine rings is 1. The molecule has 1 aromatic heterocycles. The number of amidine groups is 1. The van der Waals surface area contributed by atoms with E-state index in [0.717, 1.165) is 49.9 Å². The first-order chi connectivity index (χ1) is 12.2. The number of thiophene rings is 1. The van der Waals surface area contributed by atoms with E-state index >= 15 is 0 Å². The number of anilines is 2. The minimum atomic E-state index is 0.436. The molecule has 5 nitrogen and oxygen atoms in total. The van der Waals surface area contributed by atoms with Gasteiger partial charge >= 0.3 is 0 Å². The van der Waals surface area contributed by atoms with Gasteiger partial charge in [-0.1, -0.05) is 12.1 Å². The highest BCUT2D eigenvalue weighted by Gasteiger charge is 2.27. The van der Waals surface area contributed by atoms with Crippen LogP contribution >= 0.6 is 11.3 Å². The third-order valence-corrected chi connectivity index (χ3v) is 5.67. The zero-order chi connectivity index (χ0) is 17.2. The summed E-state index contributed by atoms with van der Waals surface area (Å²) in [4.78, 5) is 8.78. The number of ether oxygens (including phenoxy) is 1. The van der Waals surface area contributed by atoms with Crippen LogP contribution in [0.1, 0.15) is 16.9 Å². The molecule has 6 heteroatoms. The van der Waals surface area contributed by atoms with Gasteiger partial charge in [-0.05, 0) is 31.5 Å². The van der Waals surface area contributed by atoms with Gasteiger partial charge in [0.05, 0.1) is 16.9 Å². The Hall–Kier alpha value is -1.89. The van der Waals surface area contributed by atoms with Crippen molar-refractivity contribution < 1.29 is 4.74 Å². The first kappa shape index (κ1) is 16.6. The van der Waals surface area contributed by atoms with Crippen LogP contribution in [-0.2, 0) is 4.74 Å². The van der Waals surface area contributed by atoms with E-state index in [1.807, 2.05) is 6.07 Å². The summed E-state index contributed by atoms with van der Waals surface area (Å²) in [5.41, 5.74) is 3.29. The van der Waals surface area contributed by atoms with E-state index in [4.69, 9.17) is 9.73 Å². The number of hydrogen-bond acceptors (Lipinski definition) is 6. The largest absolute Gasteiger partial charge is 0.385 e. The second-order valence-corrected chi connectivity index (χ2v) is 7.81. The van der Waals surface area contributed by atoms with E-state index in [1.165, 1.54) is 15.4 Å². The van der Waals surface area contributed by atoms with Crippen molar-refractivity contribution in [2.45, 2.75) is 19.4 Å². The van der Waals surface area contributed by atoms with Crippen LogP contribution in [-0.4, -0.2) is 50.1 Å². The number of hydrogen-bond donors (Lipinski definition) is 2. The standard InChI is InChI=1S/C19H24N4OS/c1-13-11-15-18(23-9-8-20-14(12-23)7-10-24-2)21-16-5-3-4-6-17(16)22-19(15)25-13/h3-6,11,14,20,22H,7-10,12H2,1-2H3. The number of benzene rings is 1. The summed E-state index contributed by atoms with van der Waals surface area (Å²) in [7, 11) is 1.76. The van der Waals surface area contributed by atoms with Crippen LogP contribution in [0.3, 0.4) is 0 Å². The van der Waals surface area contributed by atoms with Crippen LogP contribution in [0.15, 0.2) is 35.3 Å². The molecule has 0 saturated carbocycles. The highest BCUT2D eigenvalue weighted by atomic mass is 32.1. The summed E-state index contributed by atoms with van der Waals surface area (Å²) >= 11 is 1.80. The molecule has 1 saturated heterocycles. The Labute approximate surface area is 152 Å². The van der Waals surface area contributed by atoms with Crippen LogP contribution in [0, 0.1) is 6.92 Å². The van der Waals surface area contributed by atoms with Crippen molar-refractivity contribution in [1.29, 1.82) is 0 Å². The van der Waals surface area contributed by atoms with E-state index in [9.17, 15) is 0 Å². The second-order valence-electron chi connectivity index (χ2n) is 6.56. The van der Waals surface area contributed by atoms with Gasteiger partial charge in [-0.25, -0.2) is 4.99 Å². The second kappa shape index (κ2) is 7.15. The van der Waals surface area contributed by atoms with Gasteiger partial charge in [-0.2, -0.15) is 0 Å². The molecule has 4 rings (SSSR count). The number of methoxy groups -OCH3 is 1. The first-order valence-electron chi connectivity index (χ1n) is 8.77. The van der Waals surface area contributed by atoms with Crippen LogP contribution in [0.2, 0.25) is 0 Å². The van der Waals surface area contributed by atoms with Crippen LogP contribution in [0.5, 0.6) is 0 Å². The van der Waals surface area contributed by atoms with Gasteiger partial charge in [0.2, 0.25) is 0 Å². The average molecular weight is 356 g/mol. The molecule has 2 N–H and O–H groups in total. The number of aliphatic imine (C=N–C) groups is 1. The monoisotopic (exact) mass is 356 g/mol. The molecule has 132 valence electrons. The van der Waals surface area contributed by atoms with Crippen molar-refractivity contribution in [3.63, 3.8) is 0 Å². The van der Waals surface area contributed by atoms with E-state index in [0.29, 0.717) is 6.04 Å². The van der Waals surface area contributed by atoms with Crippen LogP contribution < -0.4 is 10.6 Å². The van der Waals surface area contributed by atoms with Gasteiger partial charge in [-0.15, -0.1) is 11.3 Å². The lowest BCUT2D eigenvalue weighted by molar-refractivity contribution is 0.168. The van der Waals surface area contributed by atoms with E-state index in [1.54, 1.807) is 18.4 Å². The highest BCUT2D eigenvalue weighted by Crippen LogP contribution is 2.39. The Balaban J connectivity index is 1.70. The number of rotatable bonds is 3. The van der Waals surface area contributed by atoms with E-state index in [2.05, 4.69) is 46.7 Å². The zero-order valence-corrected chi connectivity index (χ0v) is 15.5. The van der Waals surface area contributed by atoms with Crippen molar-refractivity contribution in [1.82, 2.24) is 10.2 Å². The third kappa shape index (κ3) is 3.42. The maximum absolute atomic E-state index is 5.25. The molecule has 1 atom stereocenters. The molecule has 1 unspecified atom stereocenters. The highest BCUT2D eigenvalue weighted by molar-refractivity contribution is 7.16. The number of fused-ring (bicyclic) bond motifs is 2. The van der Waals surface area contributed by atoms with E-state index in [-0.39, 0.29) is 0 Å². The fourth-order valence-electron chi connectivity index (χ4n) is 3.46. The van der Waals surface area contributed by atoms with Gasteiger partial charge in [0, 0.05) is 44.3 Å². The number of aryl methyl sites for hydroxylation is 1. The first-order valence-corrected chi connectivity index (χ1v) is 9.59. The van der Waals surface area contributed by atoms with Crippen molar-refractivity contribution >= 4 is 33.5 Å². The molecule has 0 radical (unpaired) electrons.